The molecule has 0 aliphatic rings. The number of rotatable bonds is 10. The molecule has 0 aromatic carbocycles. The molecule has 2 nitrogen and oxygen atoms in total. The van der Waals surface area contributed by atoms with Crippen LogP contribution in [0.5, 0.6) is 0 Å². The maximum Gasteiger partial charge on any atom is 0.460 e. The molecule has 0 unspecified atom stereocenters. The van der Waals surface area contributed by atoms with E-state index in [9.17, 15) is 57.1 Å². The van der Waals surface area contributed by atoms with Crippen molar-refractivity contribution in [3.63, 3.8) is 0 Å². The Bertz CT molecular complexity index is 532. The highest BCUT2D eigenvalue weighted by atomic mass is 32.2. The van der Waals surface area contributed by atoms with E-state index in [4.69, 9.17) is 5.21 Å². The number of alkyl halides is 13. The molecule has 0 saturated carbocycles. The number of thioether (sulfide) groups is 1. The van der Waals surface area contributed by atoms with Gasteiger partial charge in [0.2, 0.25) is 0 Å². The molecule has 0 aromatic heterocycles. The van der Waals surface area contributed by atoms with Crippen LogP contribution in [0.15, 0.2) is 0 Å². The molecule has 0 amide bonds. The molecule has 0 radical (unpaired) electrons. The molecular formula is C12H14F13NOS. The van der Waals surface area contributed by atoms with Crippen molar-refractivity contribution >= 4 is 11.8 Å². The Morgan fingerprint density at radius 1 is 0.679 bits per heavy atom. The molecule has 0 heterocycles. The van der Waals surface area contributed by atoms with Crippen molar-refractivity contribution < 1.29 is 62.3 Å². The van der Waals surface area contributed by atoms with E-state index < -0.39 is 53.5 Å². The molecule has 0 atom stereocenters. The van der Waals surface area contributed by atoms with E-state index in [0.717, 1.165) is 0 Å². The fourth-order valence-corrected chi connectivity index (χ4v) is 2.64. The highest BCUT2D eigenvalue weighted by Gasteiger charge is 2.90. The van der Waals surface area contributed by atoms with Crippen LogP contribution in [-0.4, -0.2) is 58.0 Å². The molecule has 0 aliphatic carbocycles. The lowest BCUT2D eigenvalue weighted by atomic mass is 9.93. The smallest absolute Gasteiger partial charge is 0.316 e. The monoisotopic (exact) mass is 467 g/mol. The highest BCUT2D eigenvalue weighted by molar-refractivity contribution is 7.99. The van der Waals surface area contributed by atoms with Gasteiger partial charge < -0.3 is 5.21 Å². The van der Waals surface area contributed by atoms with Crippen LogP contribution in [-0.2, 0) is 0 Å². The summed E-state index contributed by atoms with van der Waals surface area (Å²) in [5.41, 5.74) is 0.520. The van der Waals surface area contributed by atoms with Gasteiger partial charge in [-0.05, 0) is 19.6 Å². The molecule has 0 aliphatic heterocycles. The zero-order valence-electron chi connectivity index (χ0n) is 13.9. The second-order valence-corrected chi connectivity index (χ2v) is 7.40. The number of hydroxylamine groups is 1. The zero-order chi connectivity index (χ0) is 23.0. The van der Waals surface area contributed by atoms with Crippen LogP contribution in [0.3, 0.4) is 0 Å². The van der Waals surface area contributed by atoms with Gasteiger partial charge in [-0.2, -0.15) is 74.3 Å². The fourth-order valence-electron chi connectivity index (χ4n) is 1.52. The minimum atomic E-state index is -7.87. The summed E-state index contributed by atoms with van der Waals surface area (Å²) in [6, 6.07) is 0. The van der Waals surface area contributed by atoms with Crippen LogP contribution in [0, 0.1) is 0 Å². The summed E-state index contributed by atoms with van der Waals surface area (Å²) < 4.78 is 167. The SMILES string of the molecule is CC(C)(CSCCC(F)(F)C(F)(F)C(F)(F)C(F)(F)C(F)(F)C(F)(F)F)NO. The lowest BCUT2D eigenvalue weighted by Gasteiger charge is -2.39. The number of nitrogens with one attached hydrogen (secondary N) is 1. The summed E-state index contributed by atoms with van der Waals surface area (Å²) >= 11 is 0.359. The predicted molar refractivity (Wildman–Crippen MR) is 71.7 cm³/mol. The van der Waals surface area contributed by atoms with Crippen molar-refractivity contribution in [3.8, 4) is 0 Å². The molecule has 0 fully saturated rings. The third-order valence-corrected chi connectivity index (χ3v) is 4.74. The van der Waals surface area contributed by atoms with E-state index in [-0.39, 0.29) is 5.75 Å². The van der Waals surface area contributed by atoms with E-state index in [1.807, 2.05) is 0 Å². The van der Waals surface area contributed by atoms with Gasteiger partial charge in [-0.15, -0.1) is 0 Å². The summed E-state index contributed by atoms with van der Waals surface area (Å²) in [6.45, 7) is 2.58. The van der Waals surface area contributed by atoms with Crippen LogP contribution >= 0.6 is 11.8 Å². The normalized spacial score (nSPS) is 15.9. The third-order valence-electron chi connectivity index (χ3n) is 3.32. The molecule has 28 heavy (non-hydrogen) atoms. The quantitative estimate of drug-likeness (QED) is 0.249. The second kappa shape index (κ2) is 7.89. The summed E-state index contributed by atoms with van der Waals surface area (Å²) in [4.78, 5) is 0. The highest BCUT2D eigenvalue weighted by Crippen LogP contribution is 2.60. The number of hydrogen-bond acceptors (Lipinski definition) is 3. The Hall–Kier alpha value is -0.640. The van der Waals surface area contributed by atoms with Gasteiger partial charge in [0.05, 0.1) is 0 Å². The maximum atomic E-state index is 13.4. The molecular weight excluding hydrogens is 453 g/mol. The fraction of sp³-hybridized carbons (Fsp3) is 1.00. The van der Waals surface area contributed by atoms with Gasteiger partial charge in [-0.25, -0.2) is 0 Å². The topological polar surface area (TPSA) is 32.3 Å². The van der Waals surface area contributed by atoms with Crippen molar-refractivity contribution in [3.05, 3.63) is 0 Å². The second-order valence-electron chi connectivity index (χ2n) is 6.30. The number of halogens is 13. The van der Waals surface area contributed by atoms with E-state index in [0.29, 0.717) is 11.8 Å². The molecule has 16 heteroatoms. The Morgan fingerprint density at radius 3 is 1.43 bits per heavy atom. The van der Waals surface area contributed by atoms with Crippen molar-refractivity contribution in [1.29, 1.82) is 0 Å². The maximum absolute atomic E-state index is 13.4. The van der Waals surface area contributed by atoms with Crippen LogP contribution in [0.1, 0.15) is 20.3 Å². The Kier molecular flexibility index (Phi) is 7.71. The summed E-state index contributed by atoms with van der Waals surface area (Å²) in [7, 11) is 0. The molecule has 170 valence electrons. The average molecular weight is 467 g/mol. The molecule has 0 saturated heterocycles. The first-order valence-electron chi connectivity index (χ1n) is 6.96. The first-order valence-corrected chi connectivity index (χ1v) is 8.12. The predicted octanol–water partition coefficient (Wildman–Crippen LogP) is 5.61. The van der Waals surface area contributed by atoms with Crippen molar-refractivity contribution in [2.24, 2.45) is 0 Å². The summed E-state index contributed by atoms with van der Waals surface area (Å²) in [5, 5.41) is 8.64. The molecule has 2 N–H and O–H groups in total. The standard InChI is InChI=1S/C12H14F13NOS/c1-6(2,26-27)5-28-4-3-7(13,14)8(15,16)9(17,18)10(19,20)11(21,22)12(23,24)25/h26-27H,3-5H2,1-2H3. The van der Waals surface area contributed by atoms with E-state index in [1.54, 1.807) is 5.48 Å². The Balaban J connectivity index is 5.62. The van der Waals surface area contributed by atoms with E-state index in [2.05, 4.69) is 0 Å². The zero-order valence-corrected chi connectivity index (χ0v) is 14.7. The minimum absolute atomic E-state index is 0.274. The minimum Gasteiger partial charge on any atom is -0.316 e. The molecule has 0 bridgehead atoms. The number of hydrogen-bond donors (Lipinski definition) is 2. The lowest BCUT2D eigenvalue weighted by Crippen LogP contribution is -2.70. The van der Waals surface area contributed by atoms with E-state index >= 15 is 0 Å². The molecule has 0 rings (SSSR count). The lowest BCUT2D eigenvalue weighted by molar-refractivity contribution is -0.439. The van der Waals surface area contributed by atoms with Gasteiger partial charge in [0.25, 0.3) is 0 Å². The van der Waals surface area contributed by atoms with Gasteiger partial charge in [-0.3, -0.25) is 0 Å². The van der Waals surface area contributed by atoms with Gasteiger partial charge >= 0.3 is 35.8 Å². The van der Waals surface area contributed by atoms with Gasteiger partial charge in [0.1, 0.15) is 0 Å². The first kappa shape index (κ1) is 27.4. The van der Waals surface area contributed by atoms with E-state index in [1.165, 1.54) is 13.8 Å². The molecule has 0 spiro atoms. The van der Waals surface area contributed by atoms with Crippen LogP contribution in [0.2, 0.25) is 0 Å². The van der Waals surface area contributed by atoms with Gasteiger partial charge in [0, 0.05) is 17.7 Å². The largest absolute Gasteiger partial charge is 0.460 e. The third kappa shape index (κ3) is 4.74. The van der Waals surface area contributed by atoms with Crippen LogP contribution in [0.25, 0.3) is 0 Å². The van der Waals surface area contributed by atoms with Crippen molar-refractivity contribution in [1.82, 2.24) is 5.48 Å². The van der Waals surface area contributed by atoms with Crippen LogP contribution < -0.4 is 5.48 Å². The van der Waals surface area contributed by atoms with Crippen molar-refractivity contribution in [2.45, 2.75) is 61.6 Å². The summed E-state index contributed by atoms with van der Waals surface area (Å²) in [6.07, 6.45) is -9.67. The van der Waals surface area contributed by atoms with Gasteiger partial charge in [0.15, 0.2) is 0 Å². The van der Waals surface area contributed by atoms with Crippen LogP contribution in [0.4, 0.5) is 57.1 Å². The van der Waals surface area contributed by atoms with Gasteiger partial charge in [-0.1, -0.05) is 0 Å². The Labute approximate surface area is 153 Å². The average Bonchev–Trinajstić information content (AvgIpc) is 2.49. The molecule has 0 aromatic rings. The Morgan fingerprint density at radius 2 is 1.07 bits per heavy atom. The first-order chi connectivity index (χ1) is 12.0. The van der Waals surface area contributed by atoms with Crippen molar-refractivity contribution in [2.75, 3.05) is 11.5 Å². The summed E-state index contributed by atoms with van der Waals surface area (Å²) in [5.74, 6) is -38.0.